The summed E-state index contributed by atoms with van der Waals surface area (Å²) < 4.78 is 12.8. The van der Waals surface area contributed by atoms with E-state index >= 15 is 0 Å². The lowest BCUT2D eigenvalue weighted by Crippen LogP contribution is -2.35. The van der Waals surface area contributed by atoms with Crippen molar-refractivity contribution in [3.8, 4) is 0 Å². The molecule has 0 aliphatic heterocycles. The Bertz CT molecular complexity index is 569. The Morgan fingerprint density at radius 1 is 1.15 bits per heavy atom. The lowest BCUT2D eigenvalue weighted by Gasteiger charge is -2.21. The van der Waals surface area contributed by atoms with E-state index < -0.39 is 6.04 Å². The van der Waals surface area contributed by atoms with Crippen molar-refractivity contribution in [3.05, 3.63) is 71.5 Å². The third-order valence-electron chi connectivity index (χ3n) is 3.13. The Kier molecular flexibility index (Phi) is 4.48. The topological polar surface area (TPSA) is 46.3 Å². The molecule has 0 saturated carbocycles. The van der Waals surface area contributed by atoms with E-state index in [-0.39, 0.29) is 11.7 Å². The van der Waals surface area contributed by atoms with Crippen molar-refractivity contribution in [2.24, 2.45) is 5.73 Å². The Labute approximate surface area is 117 Å². The highest BCUT2D eigenvalue weighted by molar-refractivity contribution is 5.82. The minimum Gasteiger partial charge on any atom is -0.340 e. The number of likely N-dealkylation sites (N-methyl/N-ethyl adjacent to an activating group) is 1. The summed E-state index contributed by atoms with van der Waals surface area (Å²) in [7, 11) is 1.69. The van der Waals surface area contributed by atoms with E-state index in [4.69, 9.17) is 5.73 Å². The second kappa shape index (κ2) is 6.30. The third kappa shape index (κ3) is 3.42. The summed E-state index contributed by atoms with van der Waals surface area (Å²) in [6, 6.07) is 14.6. The fourth-order valence-electron chi connectivity index (χ4n) is 1.98. The number of rotatable bonds is 4. The Morgan fingerprint density at radius 3 is 2.35 bits per heavy atom. The van der Waals surface area contributed by atoms with Gasteiger partial charge in [-0.05, 0) is 23.3 Å². The molecule has 0 aromatic heterocycles. The predicted octanol–water partition coefficient (Wildman–Crippen LogP) is 2.48. The number of halogens is 1. The molecule has 3 nitrogen and oxygen atoms in total. The molecule has 20 heavy (non-hydrogen) atoms. The molecule has 1 amide bonds. The highest BCUT2D eigenvalue weighted by atomic mass is 19.1. The van der Waals surface area contributed by atoms with Gasteiger partial charge in [0.15, 0.2) is 0 Å². The van der Waals surface area contributed by atoms with Crippen LogP contribution in [0.25, 0.3) is 0 Å². The molecule has 0 heterocycles. The van der Waals surface area contributed by atoms with Crippen LogP contribution in [-0.2, 0) is 11.3 Å². The van der Waals surface area contributed by atoms with Crippen LogP contribution in [0.1, 0.15) is 17.2 Å². The summed E-state index contributed by atoms with van der Waals surface area (Å²) in [4.78, 5) is 13.8. The predicted molar refractivity (Wildman–Crippen MR) is 76.2 cm³/mol. The fraction of sp³-hybridized carbons (Fsp3) is 0.188. The van der Waals surface area contributed by atoms with Crippen LogP contribution in [0, 0.1) is 5.82 Å². The summed E-state index contributed by atoms with van der Waals surface area (Å²) in [5, 5.41) is 0. The quantitative estimate of drug-likeness (QED) is 0.929. The molecule has 2 aromatic carbocycles. The number of hydrogen-bond acceptors (Lipinski definition) is 2. The Hall–Kier alpha value is -2.20. The van der Waals surface area contributed by atoms with Gasteiger partial charge in [-0.15, -0.1) is 0 Å². The van der Waals surface area contributed by atoms with Crippen LogP contribution in [0.3, 0.4) is 0 Å². The molecule has 0 aliphatic rings. The van der Waals surface area contributed by atoms with Gasteiger partial charge in [0.1, 0.15) is 11.9 Å². The first-order valence-electron chi connectivity index (χ1n) is 6.38. The SMILES string of the molecule is CN(Cc1ccc(F)cc1)C(=O)C(N)c1ccccc1. The average Bonchev–Trinajstić information content (AvgIpc) is 2.49. The van der Waals surface area contributed by atoms with Gasteiger partial charge in [0.2, 0.25) is 5.91 Å². The molecule has 0 radical (unpaired) electrons. The molecule has 2 rings (SSSR count). The van der Waals surface area contributed by atoms with Crippen LogP contribution in [-0.4, -0.2) is 17.9 Å². The molecule has 0 aliphatic carbocycles. The number of carbonyl (C=O) groups excluding carboxylic acids is 1. The molecule has 104 valence electrons. The normalized spacial score (nSPS) is 11.9. The van der Waals surface area contributed by atoms with Crippen molar-refractivity contribution >= 4 is 5.91 Å². The van der Waals surface area contributed by atoms with Crippen LogP contribution in [0.5, 0.6) is 0 Å². The van der Waals surface area contributed by atoms with Crippen molar-refractivity contribution in [1.82, 2.24) is 4.90 Å². The lowest BCUT2D eigenvalue weighted by atomic mass is 10.1. The van der Waals surface area contributed by atoms with E-state index in [2.05, 4.69) is 0 Å². The van der Waals surface area contributed by atoms with E-state index in [9.17, 15) is 9.18 Å². The minimum absolute atomic E-state index is 0.166. The minimum atomic E-state index is -0.679. The molecule has 4 heteroatoms. The van der Waals surface area contributed by atoms with Crippen LogP contribution in [0.2, 0.25) is 0 Å². The van der Waals surface area contributed by atoms with Gasteiger partial charge in [-0.2, -0.15) is 0 Å². The van der Waals surface area contributed by atoms with Gasteiger partial charge in [0, 0.05) is 13.6 Å². The number of carbonyl (C=O) groups is 1. The van der Waals surface area contributed by atoms with Crippen molar-refractivity contribution in [2.45, 2.75) is 12.6 Å². The standard InChI is InChI=1S/C16H17FN2O/c1-19(11-12-7-9-14(17)10-8-12)16(20)15(18)13-5-3-2-4-6-13/h2-10,15H,11,18H2,1H3. The monoisotopic (exact) mass is 272 g/mol. The Morgan fingerprint density at radius 2 is 1.75 bits per heavy atom. The smallest absolute Gasteiger partial charge is 0.244 e. The summed E-state index contributed by atoms with van der Waals surface area (Å²) in [6.45, 7) is 0.402. The molecule has 0 spiro atoms. The van der Waals surface area contributed by atoms with Crippen molar-refractivity contribution in [2.75, 3.05) is 7.05 Å². The number of nitrogens with zero attached hydrogens (tertiary/aromatic N) is 1. The van der Waals surface area contributed by atoms with Crippen molar-refractivity contribution in [3.63, 3.8) is 0 Å². The number of benzene rings is 2. The van der Waals surface area contributed by atoms with Gasteiger partial charge < -0.3 is 10.6 Å². The van der Waals surface area contributed by atoms with E-state index in [1.165, 1.54) is 12.1 Å². The van der Waals surface area contributed by atoms with Gasteiger partial charge in [0.05, 0.1) is 0 Å². The summed E-state index contributed by atoms with van der Waals surface area (Å²) in [5.41, 5.74) is 7.61. The third-order valence-corrected chi connectivity index (χ3v) is 3.13. The highest BCUT2D eigenvalue weighted by Crippen LogP contribution is 2.14. The molecular formula is C16H17FN2O. The van der Waals surface area contributed by atoms with Crippen LogP contribution < -0.4 is 5.73 Å². The highest BCUT2D eigenvalue weighted by Gasteiger charge is 2.19. The number of hydrogen-bond donors (Lipinski definition) is 1. The number of amides is 1. The molecule has 0 bridgehead atoms. The zero-order chi connectivity index (χ0) is 14.5. The molecule has 1 unspecified atom stereocenters. The van der Waals surface area contributed by atoms with Crippen LogP contribution in [0.15, 0.2) is 54.6 Å². The van der Waals surface area contributed by atoms with Crippen molar-refractivity contribution in [1.29, 1.82) is 0 Å². The van der Waals surface area contributed by atoms with Gasteiger partial charge in [0.25, 0.3) is 0 Å². The van der Waals surface area contributed by atoms with Gasteiger partial charge >= 0.3 is 0 Å². The zero-order valence-electron chi connectivity index (χ0n) is 11.3. The summed E-state index contributed by atoms with van der Waals surface area (Å²) in [6.07, 6.45) is 0. The Balaban J connectivity index is 2.03. The molecule has 0 fully saturated rings. The van der Waals surface area contributed by atoms with Crippen molar-refractivity contribution < 1.29 is 9.18 Å². The maximum absolute atomic E-state index is 12.8. The van der Waals surface area contributed by atoms with E-state index in [0.29, 0.717) is 6.54 Å². The zero-order valence-corrected chi connectivity index (χ0v) is 11.3. The maximum Gasteiger partial charge on any atom is 0.244 e. The molecule has 0 saturated heterocycles. The molecule has 2 aromatic rings. The second-order valence-electron chi connectivity index (χ2n) is 4.71. The summed E-state index contributed by atoms with van der Waals surface area (Å²) >= 11 is 0. The summed E-state index contributed by atoms with van der Waals surface area (Å²) in [5.74, 6) is -0.454. The van der Waals surface area contributed by atoms with Crippen LogP contribution in [0.4, 0.5) is 4.39 Å². The fourth-order valence-corrected chi connectivity index (χ4v) is 1.98. The number of nitrogens with two attached hydrogens (primary N) is 1. The molecule has 2 N–H and O–H groups in total. The largest absolute Gasteiger partial charge is 0.340 e. The first-order chi connectivity index (χ1) is 9.58. The molecular weight excluding hydrogens is 255 g/mol. The maximum atomic E-state index is 12.8. The first-order valence-corrected chi connectivity index (χ1v) is 6.38. The molecule has 1 atom stereocenters. The first kappa shape index (κ1) is 14.2. The van der Waals surface area contributed by atoms with Gasteiger partial charge in [-0.1, -0.05) is 42.5 Å². The van der Waals surface area contributed by atoms with Gasteiger partial charge in [-0.25, -0.2) is 4.39 Å². The van der Waals surface area contributed by atoms with E-state index in [1.54, 1.807) is 24.1 Å². The van der Waals surface area contributed by atoms with E-state index in [1.807, 2.05) is 30.3 Å². The lowest BCUT2D eigenvalue weighted by molar-refractivity contribution is -0.131. The van der Waals surface area contributed by atoms with Gasteiger partial charge in [-0.3, -0.25) is 4.79 Å². The average molecular weight is 272 g/mol. The second-order valence-corrected chi connectivity index (χ2v) is 4.71. The van der Waals surface area contributed by atoms with Crippen LogP contribution >= 0.6 is 0 Å². The van der Waals surface area contributed by atoms with E-state index in [0.717, 1.165) is 11.1 Å².